The van der Waals surface area contributed by atoms with Gasteiger partial charge >= 0.3 is 12.1 Å². The van der Waals surface area contributed by atoms with Crippen LogP contribution in [0.5, 0.6) is 0 Å². The number of nitrogens with zero attached hydrogens (tertiary/aromatic N) is 1. The molecule has 128 valence electrons. The minimum absolute atomic E-state index is 0.123. The Kier molecular flexibility index (Phi) is 5.49. The third-order valence-corrected chi connectivity index (χ3v) is 3.93. The molecule has 0 aromatic heterocycles. The third-order valence-electron chi connectivity index (χ3n) is 3.93. The summed E-state index contributed by atoms with van der Waals surface area (Å²) in [5.74, 6) is -0.888. The first-order chi connectivity index (χ1) is 9.91. The van der Waals surface area contributed by atoms with Crippen LogP contribution >= 0.6 is 0 Å². The van der Waals surface area contributed by atoms with Crippen LogP contribution in [-0.2, 0) is 14.3 Å². The van der Waals surface area contributed by atoms with Crippen molar-refractivity contribution in [1.82, 2.24) is 4.90 Å². The van der Waals surface area contributed by atoms with Crippen LogP contribution in [0.15, 0.2) is 0 Å². The Bertz CT molecular complexity index is 427. The monoisotopic (exact) mass is 315 g/mol. The minimum Gasteiger partial charge on any atom is -0.481 e. The second-order valence-corrected chi connectivity index (χ2v) is 7.67. The quantitative estimate of drug-likeness (QED) is 0.844. The van der Waals surface area contributed by atoms with Crippen LogP contribution in [0, 0.1) is 5.41 Å². The highest BCUT2D eigenvalue weighted by Crippen LogP contribution is 2.32. The zero-order valence-electron chi connectivity index (χ0n) is 14.6. The topological polar surface area (TPSA) is 76.1 Å². The van der Waals surface area contributed by atoms with Crippen LogP contribution in [0.2, 0.25) is 0 Å². The molecule has 1 unspecified atom stereocenters. The summed E-state index contributed by atoms with van der Waals surface area (Å²) in [6, 6.07) is 0. The first kappa shape index (κ1) is 18.7. The summed E-state index contributed by atoms with van der Waals surface area (Å²) >= 11 is 0. The van der Waals surface area contributed by atoms with Crippen molar-refractivity contribution in [3.63, 3.8) is 0 Å². The standard InChI is InChI=1S/C16H29NO5/c1-7-16(21-11-15(5,6)12(18)19)8-9-17(10-16)13(20)22-14(2,3)4/h7-11H2,1-6H3,(H,18,19). The van der Waals surface area contributed by atoms with E-state index in [1.165, 1.54) is 0 Å². The lowest BCUT2D eigenvalue weighted by molar-refractivity contribution is -0.155. The maximum Gasteiger partial charge on any atom is 0.410 e. The molecule has 1 aliphatic heterocycles. The smallest absolute Gasteiger partial charge is 0.410 e. The van der Waals surface area contributed by atoms with Gasteiger partial charge in [-0.2, -0.15) is 0 Å². The van der Waals surface area contributed by atoms with Gasteiger partial charge in [0.25, 0.3) is 0 Å². The number of hydrogen-bond acceptors (Lipinski definition) is 4. The summed E-state index contributed by atoms with van der Waals surface area (Å²) in [6.07, 6.45) is 1.07. The fourth-order valence-electron chi connectivity index (χ4n) is 2.23. The molecule has 6 nitrogen and oxygen atoms in total. The van der Waals surface area contributed by atoms with Crippen molar-refractivity contribution >= 4 is 12.1 Å². The van der Waals surface area contributed by atoms with Crippen LogP contribution in [0.3, 0.4) is 0 Å². The number of aliphatic carboxylic acids is 1. The summed E-state index contributed by atoms with van der Waals surface area (Å²) in [6.45, 7) is 11.9. The van der Waals surface area contributed by atoms with Crippen LogP contribution in [0.1, 0.15) is 54.4 Å². The van der Waals surface area contributed by atoms with E-state index in [1.54, 1.807) is 18.7 Å². The Hall–Kier alpha value is -1.30. The largest absolute Gasteiger partial charge is 0.481 e. The molecule has 1 amide bonds. The van der Waals surface area contributed by atoms with Gasteiger partial charge in [0.15, 0.2) is 0 Å². The van der Waals surface area contributed by atoms with Gasteiger partial charge in [-0.15, -0.1) is 0 Å². The van der Waals surface area contributed by atoms with Crippen LogP contribution in [0.25, 0.3) is 0 Å². The Morgan fingerprint density at radius 2 is 1.82 bits per heavy atom. The molecule has 0 aliphatic carbocycles. The van der Waals surface area contributed by atoms with Crippen molar-refractivity contribution in [3.8, 4) is 0 Å². The fraction of sp³-hybridized carbons (Fsp3) is 0.875. The second kappa shape index (κ2) is 6.44. The molecule has 0 aromatic rings. The van der Waals surface area contributed by atoms with E-state index in [9.17, 15) is 14.7 Å². The highest BCUT2D eigenvalue weighted by molar-refractivity contribution is 5.73. The first-order valence-electron chi connectivity index (χ1n) is 7.76. The highest BCUT2D eigenvalue weighted by Gasteiger charge is 2.42. The average Bonchev–Trinajstić information content (AvgIpc) is 2.80. The predicted octanol–water partition coefficient (Wildman–Crippen LogP) is 2.90. The molecule has 0 aromatic carbocycles. The van der Waals surface area contributed by atoms with Crippen LogP contribution in [-0.4, -0.2) is 53.0 Å². The molecule has 1 N–H and O–H groups in total. The van der Waals surface area contributed by atoms with Crippen molar-refractivity contribution in [2.75, 3.05) is 19.7 Å². The number of likely N-dealkylation sites (tertiary alicyclic amines) is 1. The van der Waals surface area contributed by atoms with Crippen molar-refractivity contribution in [3.05, 3.63) is 0 Å². The van der Waals surface area contributed by atoms with Crippen molar-refractivity contribution in [2.45, 2.75) is 65.6 Å². The number of hydrogen-bond donors (Lipinski definition) is 1. The number of rotatable bonds is 5. The number of carbonyl (C=O) groups excluding carboxylic acids is 1. The lowest BCUT2D eigenvalue weighted by Gasteiger charge is -2.32. The Labute approximate surface area is 132 Å². The molecule has 0 radical (unpaired) electrons. The molecule has 6 heteroatoms. The van der Waals surface area contributed by atoms with Gasteiger partial charge in [-0.25, -0.2) is 4.79 Å². The Balaban J connectivity index is 2.66. The summed E-state index contributed by atoms with van der Waals surface area (Å²) in [4.78, 5) is 25.0. The van der Waals surface area contributed by atoms with E-state index >= 15 is 0 Å². The van der Waals surface area contributed by atoms with E-state index in [4.69, 9.17) is 9.47 Å². The van der Waals surface area contributed by atoms with Crippen molar-refractivity contribution in [2.24, 2.45) is 5.41 Å². The predicted molar refractivity (Wildman–Crippen MR) is 82.8 cm³/mol. The zero-order valence-corrected chi connectivity index (χ0v) is 14.6. The van der Waals surface area contributed by atoms with Gasteiger partial charge in [0.05, 0.1) is 24.2 Å². The summed E-state index contributed by atoms with van der Waals surface area (Å²) in [7, 11) is 0. The summed E-state index contributed by atoms with van der Waals surface area (Å²) in [5, 5.41) is 9.18. The molecule has 0 spiro atoms. The third kappa shape index (κ3) is 4.87. The maximum absolute atomic E-state index is 12.1. The molecule has 1 atom stereocenters. The van der Waals surface area contributed by atoms with Crippen molar-refractivity contribution in [1.29, 1.82) is 0 Å². The molecule has 1 rings (SSSR count). The minimum atomic E-state index is -0.943. The van der Waals surface area contributed by atoms with E-state index in [0.717, 1.165) is 6.42 Å². The molecule has 1 saturated heterocycles. The van der Waals surface area contributed by atoms with Gasteiger partial charge in [-0.1, -0.05) is 6.92 Å². The molecule has 0 bridgehead atoms. The summed E-state index contributed by atoms with van der Waals surface area (Å²) < 4.78 is 11.3. The molecule has 22 heavy (non-hydrogen) atoms. The lowest BCUT2D eigenvalue weighted by atomic mass is 9.93. The van der Waals surface area contributed by atoms with Gasteiger partial charge in [-0.05, 0) is 47.5 Å². The highest BCUT2D eigenvalue weighted by atomic mass is 16.6. The zero-order chi connectivity index (χ0) is 17.2. The van der Waals surface area contributed by atoms with Crippen LogP contribution in [0.4, 0.5) is 4.79 Å². The van der Waals surface area contributed by atoms with Crippen molar-refractivity contribution < 1.29 is 24.2 Å². The number of carboxylic acid groups (broad SMARTS) is 1. The van der Waals surface area contributed by atoms with Gasteiger partial charge < -0.3 is 19.5 Å². The lowest BCUT2D eigenvalue weighted by Crippen LogP contribution is -2.42. The van der Waals surface area contributed by atoms with E-state index < -0.39 is 22.6 Å². The van der Waals surface area contributed by atoms with Gasteiger partial charge in [-0.3, -0.25) is 4.79 Å². The fourth-order valence-corrected chi connectivity index (χ4v) is 2.23. The second-order valence-electron chi connectivity index (χ2n) is 7.67. The van der Waals surface area contributed by atoms with Gasteiger partial charge in [0, 0.05) is 6.54 Å². The van der Waals surface area contributed by atoms with Crippen LogP contribution < -0.4 is 0 Å². The van der Waals surface area contributed by atoms with E-state index in [-0.39, 0.29) is 12.7 Å². The molecule has 1 fully saturated rings. The van der Waals surface area contributed by atoms with E-state index in [0.29, 0.717) is 19.5 Å². The molecular formula is C16H29NO5. The molecule has 1 aliphatic rings. The van der Waals surface area contributed by atoms with E-state index in [2.05, 4.69) is 0 Å². The maximum atomic E-state index is 12.1. The Morgan fingerprint density at radius 1 is 1.23 bits per heavy atom. The summed E-state index contributed by atoms with van der Waals surface area (Å²) in [5.41, 5.74) is -1.95. The molecular weight excluding hydrogens is 286 g/mol. The number of carboxylic acids is 1. The average molecular weight is 315 g/mol. The Morgan fingerprint density at radius 3 is 2.27 bits per heavy atom. The number of ether oxygens (including phenoxy) is 2. The first-order valence-corrected chi connectivity index (χ1v) is 7.76. The SMILES string of the molecule is CCC1(OCC(C)(C)C(=O)O)CCN(C(=O)OC(C)(C)C)C1. The number of carbonyl (C=O) groups is 2. The molecule has 1 heterocycles. The molecule has 0 saturated carbocycles. The van der Waals surface area contributed by atoms with Gasteiger partial charge in [0.2, 0.25) is 0 Å². The number of amides is 1. The van der Waals surface area contributed by atoms with E-state index in [1.807, 2.05) is 27.7 Å². The van der Waals surface area contributed by atoms with Gasteiger partial charge in [0.1, 0.15) is 5.60 Å². The normalized spacial score (nSPS) is 22.7.